The molecule has 0 saturated carbocycles. The van der Waals surface area contributed by atoms with E-state index in [4.69, 9.17) is 20.8 Å². The number of oxazole rings is 1. The van der Waals surface area contributed by atoms with Gasteiger partial charge in [0, 0.05) is 30.2 Å². The van der Waals surface area contributed by atoms with Gasteiger partial charge >= 0.3 is 6.09 Å². The zero-order chi connectivity index (χ0) is 25.9. The van der Waals surface area contributed by atoms with Crippen LogP contribution in [0.3, 0.4) is 0 Å². The SMILES string of the molecule is Cc1nc(NC(=O)OC(C)(C)C)ccc1CNC(=O)c1coc(Cc2ccc3ncc(Cl)cc3c2)n1. The van der Waals surface area contributed by atoms with Gasteiger partial charge in [0.05, 0.1) is 10.5 Å². The first kappa shape index (κ1) is 25.1. The average molecular weight is 508 g/mol. The van der Waals surface area contributed by atoms with E-state index in [2.05, 4.69) is 25.6 Å². The highest BCUT2D eigenvalue weighted by molar-refractivity contribution is 6.31. The normalized spacial score (nSPS) is 11.4. The van der Waals surface area contributed by atoms with Crippen molar-refractivity contribution in [2.45, 2.75) is 46.3 Å². The monoisotopic (exact) mass is 507 g/mol. The molecular formula is C26H26ClN5O4. The van der Waals surface area contributed by atoms with Crippen LogP contribution in [-0.4, -0.2) is 32.6 Å². The van der Waals surface area contributed by atoms with Gasteiger partial charge < -0.3 is 14.5 Å². The lowest BCUT2D eigenvalue weighted by molar-refractivity contribution is 0.0635. The largest absolute Gasteiger partial charge is 0.448 e. The Bertz CT molecular complexity index is 1430. The van der Waals surface area contributed by atoms with Crippen LogP contribution in [-0.2, 0) is 17.7 Å². The van der Waals surface area contributed by atoms with E-state index in [0.717, 1.165) is 22.0 Å². The first-order valence-electron chi connectivity index (χ1n) is 11.3. The molecule has 9 nitrogen and oxygen atoms in total. The van der Waals surface area contributed by atoms with Gasteiger partial charge in [0.15, 0.2) is 11.6 Å². The number of anilines is 1. The molecule has 2 amide bonds. The molecule has 0 saturated heterocycles. The third-order valence-corrected chi connectivity index (χ3v) is 5.32. The summed E-state index contributed by atoms with van der Waals surface area (Å²) in [5.41, 5.74) is 2.84. The average Bonchev–Trinajstić information content (AvgIpc) is 3.25. The van der Waals surface area contributed by atoms with Gasteiger partial charge in [0.2, 0.25) is 0 Å². The Morgan fingerprint density at radius 3 is 2.67 bits per heavy atom. The first-order chi connectivity index (χ1) is 17.1. The predicted octanol–water partition coefficient (Wildman–Crippen LogP) is 5.45. The van der Waals surface area contributed by atoms with Gasteiger partial charge in [0.1, 0.15) is 17.7 Å². The number of amides is 2. The maximum atomic E-state index is 12.6. The second kappa shape index (κ2) is 10.3. The molecule has 4 rings (SSSR count). The van der Waals surface area contributed by atoms with Crippen molar-refractivity contribution in [1.29, 1.82) is 0 Å². The van der Waals surface area contributed by atoms with Gasteiger partial charge in [-0.15, -0.1) is 0 Å². The van der Waals surface area contributed by atoms with Crippen LogP contribution in [0.5, 0.6) is 0 Å². The second-order valence-corrected chi connectivity index (χ2v) is 9.67. The number of nitrogens with zero attached hydrogens (tertiary/aromatic N) is 3. The van der Waals surface area contributed by atoms with Crippen LogP contribution in [0.1, 0.15) is 54.0 Å². The molecule has 3 heterocycles. The third-order valence-electron chi connectivity index (χ3n) is 5.12. The third kappa shape index (κ3) is 6.57. The van der Waals surface area contributed by atoms with E-state index in [1.807, 2.05) is 24.3 Å². The van der Waals surface area contributed by atoms with E-state index in [1.54, 1.807) is 46.0 Å². The number of hydrogen-bond donors (Lipinski definition) is 2. The van der Waals surface area contributed by atoms with E-state index in [-0.39, 0.29) is 18.1 Å². The fourth-order valence-corrected chi connectivity index (χ4v) is 3.62. The Hall–Kier alpha value is -3.98. The molecule has 0 aliphatic heterocycles. The smallest absolute Gasteiger partial charge is 0.413 e. The highest BCUT2D eigenvalue weighted by Gasteiger charge is 2.17. The molecule has 10 heteroatoms. The summed E-state index contributed by atoms with van der Waals surface area (Å²) in [4.78, 5) is 37.5. The summed E-state index contributed by atoms with van der Waals surface area (Å²) in [5, 5.41) is 6.90. The molecule has 0 atom stereocenters. The number of fused-ring (bicyclic) bond motifs is 1. The Kier molecular flexibility index (Phi) is 7.21. The molecule has 0 fully saturated rings. The van der Waals surface area contributed by atoms with Crippen molar-refractivity contribution in [3.63, 3.8) is 0 Å². The standard InChI is InChI=1S/C26H26ClN5O4/c1-15-17(6-8-22(30-15)32-25(34)36-26(2,3)4)12-29-24(33)21-14-35-23(31-21)10-16-5-7-20-18(9-16)11-19(27)13-28-20/h5-9,11,13-14H,10,12H2,1-4H3,(H,29,33)(H,30,32,34). The zero-order valence-electron chi connectivity index (χ0n) is 20.4. The van der Waals surface area contributed by atoms with Gasteiger partial charge in [-0.05, 0) is 63.1 Å². The van der Waals surface area contributed by atoms with Crippen LogP contribution >= 0.6 is 11.6 Å². The van der Waals surface area contributed by atoms with Gasteiger partial charge in [-0.2, -0.15) is 0 Å². The van der Waals surface area contributed by atoms with E-state index < -0.39 is 11.7 Å². The number of rotatable bonds is 6. The number of nitrogens with one attached hydrogen (secondary N) is 2. The molecule has 3 aromatic heterocycles. The first-order valence-corrected chi connectivity index (χ1v) is 11.7. The summed E-state index contributed by atoms with van der Waals surface area (Å²) in [6.07, 6.45) is 2.78. The number of aryl methyl sites for hydroxylation is 1. The molecule has 0 aliphatic rings. The Labute approximate surface area is 213 Å². The molecule has 0 bridgehead atoms. The van der Waals surface area contributed by atoms with Gasteiger partial charge in [-0.25, -0.2) is 14.8 Å². The topological polar surface area (TPSA) is 119 Å². The molecule has 36 heavy (non-hydrogen) atoms. The molecule has 186 valence electrons. The lowest BCUT2D eigenvalue weighted by Gasteiger charge is -2.19. The van der Waals surface area contributed by atoms with Crippen molar-refractivity contribution < 1.29 is 18.7 Å². The van der Waals surface area contributed by atoms with Gasteiger partial charge in [-0.1, -0.05) is 23.7 Å². The van der Waals surface area contributed by atoms with Crippen LogP contribution in [0.25, 0.3) is 10.9 Å². The van der Waals surface area contributed by atoms with E-state index >= 15 is 0 Å². The van der Waals surface area contributed by atoms with E-state index in [9.17, 15) is 9.59 Å². The van der Waals surface area contributed by atoms with E-state index in [0.29, 0.717) is 28.8 Å². The molecule has 4 aromatic rings. The molecule has 1 aromatic carbocycles. The predicted molar refractivity (Wildman–Crippen MR) is 136 cm³/mol. The molecule has 0 spiro atoms. The van der Waals surface area contributed by atoms with Crippen molar-refractivity contribution in [2.24, 2.45) is 0 Å². The van der Waals surface area contributed by atoms with Crippen LogP contribution in [0, 0.1) is 6.92 Å². The lowest BCUT2D eigenvalue weighted by atomic mass is 10.1. The summed E-state index contributed by atoms with van der Waals surface area (Å²) in [6.45, 7) is 7.39. The quantitative estimate of drug-likeness (QED) is 0.356. The number of carbonyl (C=O) groups is 2. The number of benzene rings is 1. The second-order valence-electron chi connectivity index (χ2n) is 9.23. The highest BCUT2D eigenvalue weighted by Crippen LogP contribution is 2.20. The minimum Gasteiger partial charge on any atom is -0.448 e. The molecule has 2 N–H and O–H groups in total. The number of ether oxygens (including phenoxy) is 1. The molecular weight excluding hydrogens is 482 g/mol. The summed E-state index contributed by atoms with van der Waals surface area (Å²) >= 11 is 6.04. The maximum absolute atomic E-state index is 12.6. The van der Waals surface area contributed by atoms with Crippen molar-refractivity contribution in [2.75, 3.05) is 5.32 Å². The Morgan fingerprint density at radius 1 is 1.11 bits per heavy atom. The molecule has 0 unspecified atom stereocenters. The fourth-order valence-electron chi connectivity index (χ4n) is 3.46. The van der Waals surface area contributed by atoms with Crippen LogP contribution in [0.15, 0.2) is 53.3 Å². The van der Waals surface area contributed by atoms with E-state index in [1.165, 1.54) is 6.26 Å². The molecule has 0 aliphatic carbocycles. The minimum atomic E-state index is -0.606. The van der Waals surface area contributed by atoms with Crippen LogP contribution in [0.2, 0.25) is 5.02 Å². The fraction of sp³-hybridized carbons (Fsp3) is 0.269. The summed E-state index contributed by atoms with van der Waals surface area (Å²) in [7, 11) is 0. The van der Waals surface area contributed by atoms with Gasteiger partial charge in [-0.3, -0.25) is 15.1 Å². The number of pyridine rings is 2. The maximum Gasteiger partial charge on any atom is 0.413 e. The number of hydrogen-bond acceptors (Lipinski definition) is 7. The van der Waals surface area contributed by atoms with Crippen LogP contribution < -0.4 is 10.6 Å². The van der Waals surface area contributed by atoms with Crippen molar-refractivity contribution in [3.8, 4) is 0 Å². The summed E-state index contributed by atoms with van der Waals surface area (Å²) < 4.78 is 10.7. The lowest BCUT2D eigenvalue weighted by Crippen LogP contribution is -2.27. The molecule has 0 radical (unpaired) electrons. The Morgan fingerprint density at radius 2 is 1.92 bits per heavy atom. The van der Waals surface area contributed by atoms with Crippen LogP contribution in [0.4, 0.5) is 10.6 Å². The zero-order valence-corrected chi connectivity index (χ0v) is 21.1. The minimum absolute atomic E-state index is 0.185. The number of halogens is 1. The van der Waals surface area contributed by atoms with Crippen molar-refractivity contribution >= 4 is 40.3 Å². The summed E-state index contributed by atoms with van der Waals surface area (Å²) in [5.74, 6) is 0.421. The van der Waals surface area contributed by atoms with Crippen molar-refractivity contribution in [1.82, 2.24) is 20.3 Å². The highest BCUT2D eigenvalue weighted by atomic mass is 35.5. The number of aromatic nitrogens is 3. The van der Waals surface area contributed by atoms with Gasteiger partial charge in [0.25, 0.3) is 5.91 Å². The Balaban J connectivity index is 1.34. The summed E-state index contributed by atoms with van der Waals surface area (Å²) in [6, 6.07) is 11.1. The number of carbonyl (C=O) groups excluding carboxylic acids is 2. The van der Waals surface area contributed by atoms with Crippen molar-refractivity contribution in [3.05, 3.63) is 82.3 Å².